The van der Waals surface area contributed by atoms with Crippen LogP contribution >= 0.6 is 0 Å². The molecule has 0 N–H and O–H groups in total. The molecule has 3 aromatic carbocycles. The standard InChI is InChI=1S/C65H86O10/c1-58(2)32-34-65(57(70)73-43-47-24-18-13-19-25-47)35-33-63(9)48(49(65)36-58)26-27-51-61(7)30-29-52(75-56(69)40-60(5,6)38-54(67)72-42-46-22-16-12-17-23-46)62(8,50(61)28-31-64(51,63)10)44-74-55(68)39-59(3,4)37-53(66)71-41-45-20-14-11-15-21-45/h11-26,49-52H,27-44H2,1-10H3/t49-,50?,51?,52-,61-,62-,63+,64+,65-/m0/s1. The molecule has 0 saturated heterocycles. The zero-order valence-corrected chi connectivity index (χ0v) is 46.9. The Kier molecular flexibility index (Phi) is 16.2. The largest absolute Gasteiger partial charge is 0.465 e. The number of carbonyl (C=O) groups excluding carboxylic acids is 5. The molecule has 0 radical (unpaired) electrons. The lowest BCUT2D eigenvalue weighted by Crippen LogP contribution is -2.66. The Hall–Kier alpha value is -5.25. The summed E-state index contributed by atoms with van der Waals surface area (Å²) in [5.41, 5.74) is 1.10. The molecule has 9 atom stereocenters. The molecule has 75 heavy (non-hydrogen) atoms. The molecule has 8 rings (SSSR count). The normalized spacial score (nSPS) is 30.9. The van der Waals surface area contributed by atoms with Crippen LogP contribution in [0.5, 0.6) is 0 Å². The van der Waals surface area contributed by atoms with Crippen LogP contribution in [0.4, 0.5) is 0 Å². The predicted molar refractivity (Wildman–Crippen MR) is 289 cm³/mol. The van der Waals surface area contributed by atoms with Crippen molar-refractivity contribution in [1.29, 1.82) is 0 Å². The van der Waals surface area contributed by atoms with Gasteiger partial charge >= 0.3 is 29.8 Å². The van der Waals surface area contributed by atoms with Crippen LogP contribution in [-0.2, 0) is 67.5 Å². The summed E-state index contributed by atoms with van der Waals surface area (Å²) in [7, 11) is 0. The predicted octanol–water partition coefficient (Wildman–Crippen LogP) is 14.1. The van der Waals surface area contributed by atoms with E-state index in [1.165, 1.54) is 5.57 Å². The van der Waals surface area contributed by atoms with Crippen LogP contribution in [0.25, 0.3) is 0 Å². The Morgan fingerprint density at radius 2 is 1.01 bits per heavy atom. The van der Waals surface area contributed by atoms with Crippen LogP contribution in [-0.4, -0.2) is 42.6 Å². The van der Waals surface area contributed by atoms with Gasteiger partial charge in [0.25, 0.3) is 0 Å². The summed E-state index contributed by atoms with van der Waals surface area (Å²) in [6.45, 7) is 22.6. The van der Waals surface area contributed by atoms with Gasteiger partial charge in [0.15, 0.2) is 0 Å². The molecule has 10 nitrogen and oxygen atoms in total. The van der Waals surface area contributed by atoms with Gasteiger partial charge in [-0.05, 0) is 131 Å². The van der Waals surface area contributed by atoms with Crippen molar-refractivity contribution in [2.24, 2.45) is 61.1 Å². The van der Waals surface area contributed by atoms with Crippen molar-refractivity contribution in [2.45, 2.75) is 185 Å². The van der Waals surface area contributed by atoms with E-state index >= 15 is 0 Å². The van der Waals surface area contributed by atoms with Crippen molar-refractivity contribution in [3.05, 3.63) is 119 Å². The Balaban J connectivity index is 1.02. The van der Waals surface area contributed by atoms with E-state index in [1.807, 2.05) is 119 Å². The summed E-state index contributed by atoms with van der Waals surface area (Å²) in [5.74, 6) is -1.20. The number of esters is 5. The van der Waals surface area contributed by atoms with E-state index in [0.29, 0.717) is 6.42 Å². The third kappa shape index (κ3) is 11.9. The zero-order chi connectivity index (χ0) is 54.1. The van der Waals surface area contributed by atoms with E-state index in [4.69, 9.17) is 23.7 Å². The van der Waals surface area contributed by atoms with E-state index in [9.17, 15) is 24.0 Å². The molecule has 10 heteroatoms. The first-order valence-electron chi connectivity index (χ1n) is 28.0. The van der Waals surface area contributed by atoms with Crippen molar-refractivity contribution < 1.29 is 47.7 Å². The van der Waals surface area contributed by atoms with Crippen LogP contribution in [0.3, 0.4) is 0 Å². The van der Waals surface area contributed by atoms with Gasteiger partial charge in [-0.15, -0.1) is 0 Å². The number of ether oxygens (including phenoxy) is 5. The van der Waals surface area contributed by atoms with E-state index < -0.39 is 33.7 Å². The van der Waals surface area contributed by atoms with Gasteiger partial charge in [-0.1, -0.05) is 172 Å². The Labute approximate surface area is 447 Å². The highest BCUT2D eigenvalue weighted by molar-refractivity contribution is 5.79. The first-order valence-corrected chi connectivity index (χ1v) is 28.0. The minimum atomic E-state index is -0.750. The lowest BCUT2D eigenvalue weighted by Gasteiger charge is -2.71. The molecule has 2 unspecified atom stereocenters. The molecule has 0 bridgehead atoms. The number of rotatable bonds is 18. The second-order valence-electron chi connectivity index (χ2n) is 26.9. The number of fused-ring (bicyclic) bond motifs is 7. The molecule has 0 aromatic heterocycles. The third-order valence-electron chi connectivity index (χ3n) is 19.8. The van der Waals surface area contributed by atoms with E-state index in [1.54, 1.807) is 0 Å². The minimum absolute atomic E-state index is 0.0103. The quantitative estimate of drug-likeness (QED) is 0.0689. The lowest BCUT2D eigenvalue weighted by atomic mass is 9.33. The second-order valence-corrected chi connectivity index (χ2v) is 26.9. The van der Waals surface area contributed by atoms with Gasteiger partial charge < -0.3 is 23.7 Å². The lowest BCUT2D eigenvalue weighted by molar-refractivity contribution is -0.228. The zero-order valence-electron chi connectivity index (χ0n) is 46.9. The Morgan fingerprint density at radius 3 is 1.55 bits per heavy atom. The van der Waals surface area contributed by atoms with Crippen molar-refractivity contribution in [2.75, 3.05) is 6.61 Å². The minimum Gasteiger partial charge on any atom is -0.465 e. The first-order chi connectivity index (χ1) is 35.3. The smallest absolute Gasteiger partial charge is 0.313 e. The maximum atomic E-state index is 14.6. The topological polar surface area (TPSA) is 132 Å². The second kappa shape index (κ2) is 21.6. The highest BCUT2D eigenvalue weighted by Gasteiger charge is 2.70. The van der Waals surface area contributed by atoms with E-state index in [2.05, 4.69) is 47.6 Å². The summed E-state index contributed by atoms with van der Waals surface area (Å²) in [6, 6.07) is 29.1. The van der Waals surface area contributed by atoms with Gasteiger partial charge in [0.05, 0.1) is 31.1 Å². The fraction of sp³-hybridized carbons (Fsp3) is 0.615. The first kappa shape index (κ1) is 56.0. The maximum Gasteiger partial charge on any atom is 0.313 e. The van der Waals surface area contributed by atoms with E-state index in [-0.39, 0.29) is 115 Å². The summed E-state index contributed by atoms with van der Waals surface area (Å²) in [5, 5.41) is 0. The number of allylic oxidation sites excluding steroid dienone is 2. The van der Waals surface area contributed by atoms with Gasteiger partial charge in [0, 0.05) is 5.41 Å². The number of hydrogen-bond acceptors (Lipinski definition) is 10. The Bertz CT molecular complexity index is 2570. The Morgan fingerprint density at radius 1 is 0.533 bits per heavy atom. The molecule has 5 aliphatic carbocycles. The molecule has 3 aromatic rings. The molecule has 4 saturated carbocycles. The van der Waals surface area contributed by atoms with Crippen LogP contribution in [0.15, 0.2) is 103 Å². The fourth-order valence-electron chi connectivity index (χ4n) is 15.4. The summed E-state index contributed by atoms with van der Waals surface area (Å²) in [6.07, 6.45) is 10.7. The van der Waals surface area contributed by atoms with Gasteiger partial charge in [0.2, 0.25) is 0 Å². The van der Waals surface area contributed by atoms with E-state index in [0.717, 1.165) is 74.5 Å². The maximum absolute atomic E-state index is 14.6. The van der Waals surface area contributed by atoms with Crippen LogP contribution in [0.1, 0.15) is 176 Å². The SMILES string of the molecule is CC(C)(CC(=O)OCc1ccccc1)CC(=O)OC[C@@]1(C)C2CC[C@]3(C)C(CC=C4[C@@H]5CC(C)(C)CC[C@]5(C(=O)OCc5ccccc5)CC[C@]43C)[C@@]2(C)CC[C@@H]1OC(=O)CC(C)(C)CC(=O)OCc1ccccc1. The molecule has 406 valence electrons. The number of carbonyl (C=O) groups is 5. The summed E-state index contributed by atoms with van der Waals surface area (Å²) in [4.78, 5) is 69.1. The van der Waals surface area contributed by atoms with Crippen LogP contribution in [0.2, 0.25) is 0 Å². The molecular weight excluding hydrogens is 941 g/mol. The van der Waals surface area contributed by atoms with Gasteiger partial charge in [-0.2, -0.15) is 0 Å². The highest BCUT2D eigenvalue weighted by Crippen LogP contribution is 2.76. The van der Waals surface area contributed by atoms with Gasteiger partial charge in [-0.25, -0.2) is 0 Å². The molecule has 5 aliphatic rings. The number of hydrogen-bond donors (Lipinski definition) is 0. The molecular formula is C65H86O10. The average molecular weight is 1030 g/mol. The molecule has 0 aliphatic heterocycles. The fourth-order valence-corrected chi connectivity index (χ4v) is 15.4. The summed E-state index contributed by atoms with van der Waals surface area (Å²) < 4.78 is 30.5. The molecule has 0 spiro atoms. The molecule has 4 fully saturated rings. The highest BCUT2D eigenvalue weighted by atomic mass is 16.6. The van der Waals surface area contributed by atoms with Crippen molar-refractivity contribution >= 4 is 29.8 Å². The average Bonchev–Trinajstić information content (AvgIpc) is 3.35. The summed E-state index contributed by atoms with van der Waals surface area (Å²) >= 11 is 0. The van der Waals surface area contributed by atoms with Crippen molar-refractivity contribution in [3.8, 4) is 0 Å². The van der Waals surface area contributed by atoms with Crippen molar-refractivity contribution in [3.63, 3.8) is 0 Å². The molecule has 0 amide bonds. The van der Waals surface area contributed by atoms with Crippen molar-refractivity contribution in [1.82, 2.24) is 0 Å². The third-order valence-corrected chi connectivity index (χ3v) is 19.8. The number of benzene rings is 3. The van der Waals surface area contributed by atoms with Crippen LogP contribution < -0.4 is 0 Å². The monoisotopic (exact) mass is 1030 g/mol. The van der Waals surface area contributed by atoms with Gasteiger partial charge in [-0.3, -0.25) is 24.0 Å². The van der Waals surface area contributed by atoms with Crippen LogP contribution in [0, 0.1) is 61.1 Å². The molecule has 0 heterocycles. The van der Waals surface area contributed by atoms with Gasteiger partial charge in [0.1, 0.15) is 32.5 Å².